The molecule has 0 bridgehead atoms. The van der Waals surface area contributed by atoms with Crippen LogP contribution < -0.4 is 0 Å². The molecule has 8 heavy (non-hydrogen) atoms. The maximum absolute atomic E-state index is 11.3. The van der Waals surface area contributed by atoms with Gasteiger partial charge in [-0.05, 0) is 0 Å². The van der Waals surface area contributed by atoms with Gasteiger partial charge in [0.05, 0.1) is 0 Å². The van der Waals surface area contributed by atoms with Crippen molar-refractivity contribution in [1.29, 1.82) is 0 Å². The topological polar surface area (TPSA) is 37.3 Å². The Bertz CT molecular complexity index is 92.5. The Labute approximate surface area is 42.9 Å². The van der Waals surface area contributed by atoms with E-state index in [1.807, 2.05) is 0 Å². The summed E-state index contributed by atoms with van der Waals surface area (Å²) >= 11 is 0. The van der Waals surface area contributed by atoms with Crippen molar-refractivity contribution < 1.29 is 23.1 Å². The molecule has 0 fully saturated rings. The summed E-state index contributed by atoms with van der Waals surface area (Å²) in [5.74, 6) is -2.12. The molecular formula is C3H3F3O2. The van der Waals surface area contributed by atoms with Crippen molar-refractivity contribution in [2.45, 2.75) is 12.6 Å². The second kappa shape index (κ2) is 2.54. The van der Waals surface area contributed by atoms with Gasteiger partial charge in [0.1, 0.15) is 0 Å². The SMILES string of the molecule is O=C(O)[C@H](F)C(F)F. The summed E-state index contributed by atoms with van der Waals surface area (Å²) in [7, 11) is 0. The van der Waals surface area contributed by atoms with E-state index in [4.69, 9.17) is 5.11 Å². The van der Waals surface area contributed by atoms with E-state index in [9.17, 15) is 18.0 Å². The lowest BCUT2D eigenvalue weighted by Gasteiger charge is -1.96. The molecule has 0 rings (SSSR count). The molecule has 0 aromatic heterocycles. The molecular weight excluding hydrogens is 125 g/mol. The predicted molar refractivity (Wildman–Crippen MR) is 18.5 cm³/mol. The van der Waals surface area contributed by atoms with E-state index in [-0.39, 0.29) is 0 Å². The summed E-state index contributed by atoms with van der Waals surface area (Å²) in [6.45, 7) is 0. The van der Waals surface area contributed by atoms with Gasteiger partial charge < -0.3 is 5.11 Å². The van der Waals surface area contributed by atoms with Gasteiger partial charge in [-0.15, -0.1) is 0 Å². The molecule has 2 nitrogen and oxygen atoms in total. The third-order valence-corrected chi connectivity index (χ3v) is 0.457. The van der Waals surface area contributed by atoms with Crippen molar-refractivity contribution in [2.75, 3.05) is 0 Å². The number of alkyl halides is 3. The molecule has 0 unspecified atom stereocenters. The van der Waals surface area contributed by atoms with Crippen LogP contribution in [0, 0.1) is 0 Å². The van der Waals surface area contributed by atoms with E-state index >= 15 is 0 Å². The number of carboxylic acids is 1. The van der Waals surface area contributed by atoms with Crippen molar-refractivity contribution in [3.63, 3.8) is 0 Å². The summed E-state index contributed by atoms with van der Waals surface area (Å²) in [5.41, 5.74) is 0. The Morgan fingerprint density at radius 1 is 1.38 bits per heavy atom. The van der Waals surface area contributed by atoms with Crippen LogP contribution in [0.15, 0.2) is 0 Å². The monoisotopic (exact) mass is 128 g/mol. The number of carboxylic acid groups (broad SMARTS) is 1. The van der Waals surface area contributed by atoms with Gasteiger partial charge in [0.15, 0.2) is 0 Å². The Balaban J connectivity index is 3.64. The lowest BCUT2D eigenvalue weighted by Crippen LogP contribution is -2.22. The molecule has 0 aliphatic rings. The third kappa shape index (κ3) is 1.81. The highest BCUT2D eigenvalue weighted by Crippen LogP contribution is 2.03. The summed E-state index contributed by atoms with van der Waals surface area (Å²) in [6.07, 6.45) is -6.47. The Morgan fingerprint density at radius 2 is 1.75 bits per heavy atom. The van der Waals surface area contributed by atoms with E-state index in [0.717, 1.165) is 0 Å². The standard InChI is InChI=1S/C3H3F3O2/c4-1(2(5)6)3(7)8/h1-2H,(H,7,8)/t1-/m1/s1. The van der Waals surface area contributed by atoms with E-state index in [2.05, 4.69) is 0 Å². The molecule has 0 aromatic carbocycles. The van der Waals surface area contributed by atoms with Gasteiger partial charge in [-0.3, -0.25) is 0 Å². The molecule has 5 heteroatoms. The lowest BCUT2D eigenvalue weighted by atomic mass is 10.4. The minimum Gasteiger partial charge on any atom is -0.479 e. The van der Waals surface area contributed by atoms with Crippen LogP contribution in [0.2, 0.25) is 0 Å². The summed E-state index contributed by atoms with van der Waals surface area (Å²) in [6, 6.07) is 0. The van der Waals surface area contributed by atoms with Crippen LogP contribution in [0.5, 0.6) is 0 Å². The first-order valence-corrected chi connectivity index (χ1v) is 1.70. The van der Waals surface area contributed by atoms with Gasteiger partial charge in [0, 0.05) is 0 Å². The molecule has 0 spiro atoms. The van der Waals surface area contributed by atoms with Crippen LogP contribution in [-0.4, -0.2) is 23.7 Å². The van der Waals surface area contributed by atoms with Crippen molar-refractivity contribution in [2.24, 2.45) is 0 Å². The van der Waals surface area contributed by atoms with Gasteiger partial charge in [0.25, 0.3) is 12.6 Å². The molecule has 0 radical (unpaired) electrons. The molecule has 48 valence electrons. The van der Waals surface area contributed by atoms with Gasteiger partial charge in [-0.1, -0.05) is 0 Å². The minimum absolute atomic E-state index is 2.12. The van der Waals surface area contributed by atoms with Crippen molar-refractivity contribution in [3.8, 4) is 0 Å². The Kier molecular flexibility index (Phi) is 2.30. The van der Waals surface area contributed by atoms with Crippen LogP contribution in [0.25, 0.3) is 0 Å². The highest BCUT2D eigenvalue weighted by Gasteiger charge is 2.26. The molecule has 0 saturated carbocycles. The van der Waals surface area contributed by atoms with Gasteiger partial charge in [-0.25, -0.2) is 18.0 Å². The molecule has 0 saturated heterocycles. The highest BCUT2D eigenvalue weighted by molar-refractivity contribution is 5.72. The summed E-state index contributed by atoms with van der Waals surface area (Å²) in [4.78, 5) is 9.29. The zero-order valence-corrected chi connectivity index (χ0v) is 3.64. The second-order valence-electron chi connectivity index (χ2n) is 1.07. The molecule has 1 atom stereocenters. The molecule has 0 heterocycles. The van der Waals surface area contributed by atoms with E-state index in [1.54, 1.807) is 0 Å². The van der Waals surface area contributed by atoms with E-state index in [1.165, 1.54) is 0 Å². The number of hydrogen-bond donors (Lipinski definition) is 1. The Morgan fingerprint density at radius 3 is 1.75 bits per heavy atom. The molecule has 0 amide bonds. The summed E-state index contributed by atoms with van der Waals surface area (Å²) < 4.78 is 33.1. The van der Waals surface area contributed by atoms with Crippen LogP contribution in [0.1, 0.15) is 0 Å². The fraction of sp³-hybridized carbons (Fsp3) is 0.667. The molecule has 1 N–H and O–H groups in total. The fourth-order valence-electron chi connectivity index (χ4n) is 0.108. The first-order valence-electron chi connectivity index (χ1n) is 1.70. The number of halogens is 3. The minimum atomic E-state index is -3.42. The van der Waals surface area contributed by atoms with Crippen molar-refractivity contribution in [3.05, 3.63) is 0 Å². The first kappa shape index (κ1) is 7.26. The van der Waals surface area contributed by atoms with Gasteiger partial charge in [-0.2, -0.15) is 0 Å². The summed E-state index contributed by atoms with van der Waals surface area (Å²) in [5, 5.41) is 7.50. The van der Waals surface area contributed by atoms with Gasteiger partial charge >= 0.3 is 5.97 Å². The zero-order valence-electron chi connectivity index (χ0n) is 3.64. The molecule has 0 aliphatic carbocycles. The number of rotatable bonds is 2. The van der Waals surface area contributed by atoms with Crippen LogP contribution in [-0.2, 0) is 4.79 Å². The van der Waals surface area contributed by atoms with Crippen LogP contribution in [0.4, 0.5) is 13.2 Å². The fourth-order valence-corrected chi connectivity index (χ4v) is 0.108. The van der Waals surface area contributed by atoms with Crippen molar-refractivity contribution >= 4 is 5.97 Å². The largest absolute Gasteiger partial charge is 0.479 e. The van der Waals surface area contributed by atoms with Crippen molar-refractivity contribution in [1.82, 2.24) is 0 Å². The maximum Gasteiger partial charge on any atom is 0.344 e. The number of carbonyl (C=O) groups is 1. The van der Waals surface area contributed by atoms with E-state index in [0.29, 0.717) is 0 Å². The maximum atomic E-state index is 11.3. The van der Waals surface area contributed by atoms with Crippen LogP contribution in [0.3, 0.4) is 0 Å². The van der Waals surface area contributed by atoms with Crippen LogP contribution >= 0.6 is 0 Å². The number of aliphatic carboxylic acids is 1. The third-order valence-electron chi connectivity index (χ3n) is 0.457. The van der Waals surface area contributed by atoms with Gasteiger partial charge in [0.2, 0.25) is 0 Å². The molecule has 0 aliphatic heterocycles. The van der Waals surface area contributed by atoms with E-state index < -0.39 is 18.6 Å². The number of hydrogen-bond acceptors (Lipinski definition) is 1. The normalized spacial score (nSPS) is 14.0. The quantitative estimate of drug-likeness (QED) is 0.593. The smallest absolute Gasteiger partial charge is 0.344 e. The first-order chi connectivity index (χ1) is 3.55. The predicted octanol–water partition coefficient (Wildman–Crippen LogP) is 0.674. The Hall–Kier alpha value is -0.740. The highest BCUT2D eigenvalue weighted by atomic mass is 19.3. The average molecular weight is 128 g/mol. The molecule has 0 aromatic rings. The second-order valence-corrected chi connectivity index (χ2v) is 1.07. The zero-order chi connectivity index (χ0) is 6.73. The average Bonchev–Trinajstić information content (AvgIpc) is 1.64. The lowest BCUT2D eigenvalue weighted by molar-refractivity contribution is -0.148.